The number of halogens is 2. The summed E-state index contributed by atoms with van der Waals surface area (Å²) in [5, 5.41) is 0. The molecular weight excluding hydrogens is 170 g/mol. The van der Waals surface area contributed by atoms with Gasteiger partial charge < -0.3 is 0 Å². The summed E-state index contributed by atoms with van der Waals surface area (Å²) < 4.78 is 26.8. The first kappa shape index (κ1) is 10.7. The number of rotatable bonds is 3. The van der Waals surface area contributed by atoms with Gasteiger partial charge in [0.15, 0.2) is 0 Å². The van der Waals surface area contributed by atoms with Crippen LogP contribution in [-0.4, -0.2) is 5.92 Å². The highest BCUT2D eigenvalue weighted by Crippen LogP contribution is 2.38. The van der Waals surface area contributed by atoms with Gasteiger partial charge in [-0.15, -0.1) is 0 Å². The molecule has 13 heavy (non-hydrogen) atoms. The van der Waals surface area contributed by atoms with Gasteiger partial charge >= 0.3 is 0 Å². The van der Waals surface area contributed by atoms with Gasteiger partial charge in [-0.05, 0) is 37.7 Å². The second-order valence-electron chi connectivity index (χ2n) is 3.70. The predicted octanol–water partition coefficient (Wildman–Crippen LogP) is 4.31. The molecule has 2 heteroatoms. The van der Waals surface area contributed by atoms with E-state index < -0.39 is 5.92 Å². The van der Waals surface area contributed by atoms with Gasteiger partial charge in [0.05, 0.1) is 0 Å². The zero-order valence-electron chi connectivity index (χ0n) is 8.50. The van der Waals surface area contributed by atoms with E-state index in [1.165, 1.54) is 0 Å². The molecule has 0 nitrogen and oxygen atoms in total. The van der Waals surface area contributed by atoms with Crippen molar-refractivity contribution in [2.45, 2.75) is 58.3 Å². The van der Waals surface area contributed by atoms with Crippen LogP contribution in [0.2, 0.25) is 0 Å². The number of hydrogen-bond acceptors (Lipinski definition) is 0. The fraction of sp³-hybridized carbons (Fsp3) is 0.818. The van der Waals surface area contributed by atoms with Gasteiger partial charge in [-0.3, -0.25) is 0 Å². The SMILES string of the molecule is CCC1=C(C(F)(F)CC)CCCC1. The van der Waals surface area contributed by atoms with E-state index in [1.54, 1.807) is 6.92 Å². The van der Waals surface area contributed by atoms with Crippen molar-refractivity contribution in [1.82, 2.24) is 0 Å². The summed E-state index contributed by atoms with van der Waals surface area (Å²) in [6, 6.07) is 0. The van der Waals surface area contributed by atoms with Crippen molar-refractivity contribution >= 4 is 0 Å². The maximum Gasteiger partial charge on any atom is 0.269 e. The Balaban J connectivity index is 2.90. The molecule has 0 aliphatic heterocycles. The number of alkyl halides is 2. The van der Waals surface area contributed by atoms with E-state index in [2.05, 4.69) is 0 Å². The van der Waals surface area contributed by atoms with E-state index in [4.69, 9.17) is 0 Å². The number of hydrogen-bond donors (Lipinski definition) is 0. The third-order valence-corrected chi connectivity index (χ3v) is 2.89. The van der Waals surface area contributed by atoms with Crippen LogP contribution >= 0.6 is 0 Å². The molecular formula is C11H18F2. The smallest absolute Gasteiger partial charge is 0.202 e. The third kappa shape index (κ3) is 2.29. The van der Waals surface area contributed by atoms with Crippen LogP contribution in [0.5, 0.6) is 0 Å². The Morgan fingerprint density at radius 2 is 1.77 bits per heavy atom. The van der Waals surface area contributed by atoms with Gasteiger partial charge in [-0.2, -0.15) is 0 Å². The van der Waals surface area contributed by atoms with E-state index >= 15 is 0 Å². The van der Waals surface area contributed by atoms with Crippen molar-refractivity contribution in [3.8, 4) is 0 Å². The lowest BCUT2D eigenvalue weighted by Gasteiger charge is -2.26. The molecule has 0 saturated heterocycles. The molecule has 1 aliphatic carbocycles. The van der Waals surface area contributed by atoms with E-state index in [9.17, 15) is 8.78 Å². The predicted molar refractivity (Wildman–Crippen MR) is 51.0 cm³/mol. The zero-order valence-corrected chi connectivity index (χ0v) is 8.50. The second kappa shape index (κ2) is 4.21. The molecule has 0 saturated carbocycles. The fourth-order valence-electron chi connectivity index (χ4n) is 2.01. The molecule has 0 aromatic carbocycles. The van der Waals surface area contributed by atoms with Crippen molar-refractivity contribution in [2.75, 3.05) is 0 Å². The summed E-state index contributed by atoms with van der Waals surface area (Å²) in [5.74, 6) is -2.54. The molecule has 0 amide bonds. The maximum absolute atomic E-state index is 13.4. The van der Waals surface area contributed by atoms with Gasteiger partial charge in [0.25, 0.3) is 5.92 Å². The van der Waals surface area contributed by atoms with Gasteiger partial charge in [-0.1, -0.05) is 19.4 Å². The lowest BCUT2D eigenvalue weighted by Crippen LogP contribution is -2.21. The summed E-state index contributed by atoms with van der Waals surface area (Å²) in [5.41, 5.74) is 1.46. The molecule has 1 rings (SSSR count). The topological polar surface area (TPSA) is 0 Å². The molecule has 1 aliphatic rings. The molecule has 0 N–H and O–H groups in total. The normalized spacial score (nSPS) is 19.4. The molecule has 0 atom stereocenters. The van der Waals surface area contributed by atoms with E-state index in [0.717, 1.165) is 31.3 Å². The van der Waals surface area contributed by atoms with Crippen LogP contribution in [-0.2, 0) is 0 Å². The molecule has 76 valence electrons. The second-order valence-corrected chi connectivity index (χ2v) is 3.70. The molecule has 0 bridgehead atoms. The Morgan fingerprint density at radius 3 is 2.31 bits per heavy atom. The standard InChI is InChI=1S/C11H18F2/c1-3-9-7-5-6-8-10(9)11(12,13)4-2/h3-8H2,1-2H3. The minimum Gasteiger partial charge on any atom is -0.202 e. The first-order valence-corrected chi connectivity index (χ1v) is 5.21. The lowest BCUT2D eigenvalue weighted by molar-refractivity contribution is 0.0308. The van der Waals surface area contributed by atoms with E-state index in [-0.39, 0.29) is 6.42 Å². The first-order valence-electron chi connectivity index (χ1n) is 5.21. The highest BCUT2D eigenvalue weighted by molar-refractivity contribution is 5.23. The summed E-state index contributed by atoms with van der Waals surface area (Å²) in [6.45, 7) is 3.54. The minimum absolute atomic E-state index is 0.0498. The molecule has 0 heterocycles. The van der Waals surface area contributed by atoms with Crippen LogP contribution in [0.25, 0.3) is 0 Å². The zero-order chi connectivity index (χ0) is 9.90. The Kier molecular flexibility index (Phi) is 3.46. The monoisotopic (exact) mass is 188 g/mol. The third-order valence-electron chi connectivity index (χ3n) is 2.89. The van der Waals surface area contributed by atoms with Crippen LogP contribution < -0.4 is 0 Å². The van der Waals surface area contributed by atoms with E-state index in [1.807, 2.05) is 6.92 Å². The average Bonchev–Trinajstić information content (AvgIpc) is 2.18. The number of allylic oxidation sites excluding steroid dienone is 2. The molecule has 0 radical (unpaired) electrons. The van der Waals surface area contributed by atoms with E-state index in [0.29, 0.717) is 12.0 Å². The van der Waals surface area contributed by atoms with Gasteiger partial charge in [-0.25, -0.2) is 8.78 Å². The van der Waals surface area contributed by atoms with Crippen molar-refractivity contribution in [3.05, 3.63) is 11.1 Å². The maximum atomic E-state index is 13.4. The largest absolute Gasteiger partial charge is 0.269 e. The van der Waals surface area contributed by atoms with Crippen molar-refractivity contribution < 1.29 is 8.78 Å². The Labute approximate surface area is 79.0 Å². The molecule has 0 spiro atoms. The Bertz CT molecular complexity index is 204. The molecule has 0 aromatic rings. The molecule has 0 fully saturated rings. The first-order chi connectivity index (χ1) is 6.11. The van der Waals surface area contributed by atoms with Crippen LogP contribution in [0.4, 0.5) is 8.78 Å². The molecule has 0 unspecified atom stereocenters. The Hall–Kier alpha value is -0.400. The Morgan fingerprint density at radius 1 is 1.15 bits per heavy atom. The molecule has 0 aromatic heterocycles. The van der Waals surface area contributed by atoms with Crippen molar-refractivity contribution in [1.29, 1.82) is 0 Å². The average molecular weight is 188 g/mol. The summed E-state index contributed by atoms with van der Waals surface area (Å²) >= 11 is 0. The quantitative estimate of drug-likeness (QED) is 0.579. The van der Waals surface area contributed by atoms with Crippen molar-refractivity contribution in [2.24, 2.45) is 0 Å². The van der Waals surface area contributed by atoms with Crippen LogP contribution in [0.1, 0.15) is 52.4 Å². The van der Waals surface area contributed by atoms with Crippen LogP contribution in [0.3, 0.4) is 0 Å². The van der Waals surface area contributed by atoms with Gasteiger partial charge in [0.1, 0.15) is 0 Å². The van der Waals surface area contributed by atoms with Gasteiger partial charge in [0.2, 0.25) is 0 Å². The fourth-order valence-corrected chi connectivity index (χ4v) is 2.01. The van der Waals surface area contributed by atoms with Crippen molar-refractivity contribution in [3.63, 3.8) is 0 Å². The van der Waals surface area contributed by atoms with Crippen LogP contribution in [0, 0.1) is 0 Å². The summed E-state index contributed by atoms with van der Waals surface area (Å²) in [6.07, 6.45) is 4.28. The summed E-state index contributed by atoms with van der Waals surface area (Å²) in [7, 11) is 0. The highest BCUT2D eigenvalue weighted by atomic mass is 19.3. The van der Waals surface area contributed by atoms with Crippen LogP contribution in [0.15, 0.2) is 11.1 Å². The summed E-state index contributed by atoms with van der Waals surface area (Å²) in [4.78, 5) is 0. The minimum atomic E-state index is -2.54. The van der Waals surface area contributed by atoms with Gasteiger partial charge in [0, 0.05) is 6.42 Å². The lowest BCUT2D eigenvalue weighted by atomic mass is 9.86. The highest BCUT2D eigenvalue weighted by Gasteiger charge is 2.34.